The minimum atomic E-state index is -1.26. The van der Waals surface area contributed by atoms with Gasteiger partial charge in [0.2, 0.25) is 0 Å². The second kappa shape index (κ2) is 5.79. The van der Waals surface area contributed by atoms with Crippen LogP contribution in [0.15, 0.2) is 29.4 Å². The molecular formula is C14H13ClN3O2-. The number of carboxylic acids is 1. The summed E-state index contributed by atoms with van der Waals surface area (Å²) in [6.45, 7) is 3.90. The van der Waals surface area contributed by atoms with Crippen LogP contribution in [0.25, 0.3) is 0 Å². The lowest BCUT2D eigenvalue weighted by Gasteiger charge is -2.07. The maximum absolute atomic E-state index is 10.8. The Morgan fingerprint density at radius 1 is 1.40 bits per heavy atom. The van der Waals surface area contributed by atoms with Crippen molar-refractivity contribution < 1.29 is 9.90 Å². The van der Waals surface area contributed by atoms with Crippen LogP contribution in [0.5, 0.6) is 0 Å². The summed E-state index contributed by atoms with van der Waals surface area (Å²) in [5.74, 6) is -1.26. The Hall–Kier alpha value is -2.27. The molecule has 0 aliphatic rings. The predicted octanol–water partition coefficient (Wildman–Crippen LogP) is 2.09. The van der Waals surface area contributed by atoms with Crippen molar-refractivity contribution in [1.29, 1.82) is 0 Å². The molecule has 0 fully saturated rings. The third-order valence-corrected chi connectivity index (χ3v) is 3.11. The number of benzene rings is 1. The number of nitrogens with one attached hydrogen (secondary N) is 2. The van der Waals surface area contributed by atoms with E-state index >= 15 is 0 Å². The molecule has 5 nitrogen and oxygen atoms in total. The Balaban J connectivity index is 2.16. The van der Waals surface area contributed by atoms with Crippen molar-refractivity contribution >= 4 is 29.5 Å². The van der Waals surface area contributed by atoms with E-state index in [9.17, 15) is 9.90 Å². The van der Waals surface area contributed by atoms with Crippen molar-refractivity contribution in [2.24, 2.45) is 5.10 Å². The van der Waals surface area contributed by atoms with Crippen LogP contribution in [0.1, 0.15) is 27.3 Å². The Bertz CT molecular complexity index is 677. The van der Waals surface area contributed by atoms with Gasteiger partial charge in [-0.1, -0.05) is 17.7 Å². The van der Waals surface area contributed by atoms with E-state index in [-0.39, 0.29) is 5.56 Å². The number of rotatable bonds is 4. The van der Waals surface area contributed by atoms with Gasteiger partial charge in [-0.15, -0.1) is 0 Å². The van der Waals surface area contributed by atoms with Gasteiger partial charge in [0, 0.05) is 17.0 Å². The smallest absolute Gasteiger partial charge is 0.0754 e. The molecule has 104 valence electrons. The van der Waals surface area contributed by atoms with Gasteiger partial charge in [0.05, 0.1) is 22.9 Å². The summed E-state index contributed by atoms with van der Waals surface area (Å²) >= 11 is 5.96. The molecule has 1 heterocycles. The van der Waals surface area contributed by atoms with Gasteiger partial charge < -0.3 is 14.9 Å². The van der Waals surface area contributed by atoms with Gasteiger partial charge in [-0.2, -0.15) is 5.10 Å². The summed E-state index contributed by atoms with van der Waals surface area (Å²) in [6, 6.07) is 6.20. The standard InChI is InChI=1S/C14H14ClN3O2/c1-8-5-11(9(2)17-8)7-16-18-13-6-10(14(19)20)3-4-12(13)15/h3-7,17-18H,1-2H3,(H,19,20)/p-1/b16-7+. The summed E-state index contributed by atoms with van der Waals surface area (Å²) in [5.41, 5.74) is 6.17. The first-order chi connectivity index (χ1) is 9.47. The number of aromatic nitrogens is 1. The molecule has 2 rings (SSSR count). The maximum atomic E-state index is 10.8. The van der Waals surface area contributed by atoms with E-state index in [1.165, 1.54) is 18.2 Å². The fourth-order valence-electron chi connectivity index (χ4n) is 1.79. The summed E-state index contributed by atoms with van der Waals surface area (Å²) in [4.78, 5) is 13.9. The number of aryl methyl sites for hydroxylation is 2. The lowest BCUT2D eigenvalue weighted by Crippen LogP contribution is -2.22. The van der Waals surface area contributed by atoms with Gasteiger partial charge >= 0.3 is 0 Å². The topological polar surface area (TPSA) is 80.3 Å². The number of nitrogens with zero attached hydrogens (tertiary/aromatic N) is 1. The molecule has 0 spiro atoms. The number of hydrazone groups is 1. The van der Waals surface area contributed by atoms with E-state index in [4.69, 9.17) is 11.6 Å². The van der Waals surface area contributed by atoms with Crippen molar-refractivity contribution in [3.8, 4) is 0 Å². The second-order valence-electron chi connectivity index (χ2n) is 4.38. The monoisotopic (exact) mass is 290 g/mol. The maximum Gasteiger partial charge on any atom is 0.0754 e. The lowest BCUT2D eigenvalue weighted by molar-refractivity contribution is -0.255. The summed E-state index contributed by atoms with van der Waals surface area (Å²) in [7, 11) is 0. The molecule has 0 atom stereocenters. The van der Waals surface area contributed by atoms with E-state index in [0.29, 0.717) is 10.7 Å². The van der Waals surface area contributed by atoms with Gasteiger partial charge in [0.1, 0.15) is 0 Å². The van der Waals surface area contributed by atoms with Crippen LogP contribution >= 0.6 is 11.6 Å². The minimum absolute atomic E-state index is 0.0424. The molecule has 1 aromatic carbocycles. The van der Waals surface area contributed by atoms with E-state index in [1.807, 2.05) is 19.9 Å². The lowest BCUT2D eigenvalue weighted by atomic mass is 10.2. The first-order valence-corrected chi connectivity index (χ1v) is 6.31. The number of hydrogen-bond acceptors (Lipinski definition) is 4. The average Bonchev–Trinajstić information content (AvgIpc) is 2.70. The number of aromatic carboxylic acids is 1. The fourth-order valence-corrected chi connectivity index (χ4v) is 1.95. The highest BCUT2D eigenvalue weighted by Gasteiger charge is 2.02. The average molecular weight is 291 g/mol. The highest BCUT2D eigenvalue weighted by atomic mass is 35.5. The van der Waals surface area contributed by atoms with Crippen molar-refractivity contribution in [3.05, 3.63) is 51.8 Å². The number of H-pyrrole nitrogens is 1. The molecule has 0 aliphatic heterocycles. The molecule has 0 amide bonds. The zero-order valence-electron chi connectivity index (χ0n) is 11.0. The first-order valence-electron chi connectivity index (χ1n) is 5.93. The fraction of sp³-hybridized carbons (Fsp3) is 0.143. The largest absolute Gasteiger partial charge is 0.545 e. The SMILES string of the molecule is Cc1cc(/C=N/Nc2cc(C(=O)[O-])ccc2Cl)c(C)[nH]1. The molecular weight excluding hydrogens is 278 g/mol. The second-order valence-corrected chi connectivity index (χ2v) is 4.79. The molecule has 1 aromatic heterocycles. The zero-order chi connectivity index (χ0) is 14.7. The first kappa shape index (κ1) is 14.1. The molecule has 0 saturated carbocycles. The highest BCUT2D eigenvalue weighted by Crippen LogP contribution is 2.22. The predicted molar refractivity (Wildman–Crippen MR) is 77.3 cm³/mol. The Kier molecular flexibility index (Phi) is 4.10. The van der Waals surface area contributed by atoms with E-state index in [0.717, 1.165) is 17.0 Å². The minimum Gasteiger partial charge on any atom is -0.545 e. The van der Waals surface area contributed by atoms with Gasteiger partial charge in [0.25, 0.3) is 0 Å². The molecule has 2 aromatic rings. The summed E-state index contributed by atoms with van der Waals surface area (Å²) in [6.07, 6.45) is 1.64. The van der Waals surface area contributed by atoms with Gasteiger partial charge in [0.15, 0.2) is 0 Å². The molecule has 20 heavy (non-hydrogen) atoms. The highest BCUT2D eigenvalue weighted by molar-refractivity contribution is 6.33. The van der Waals surface area contributed by atoms with Crippen LogP contribution < -0.4 is 10.5 Å². The number of carboxylic acid groups (broad SMARTS) is 1. The Morgan fingerprint density at radius 2 is 2.15 bits per heavy atom. The number of carbonyl (C=O) groups is 1. The van der Waals surface area contributed by atoms with Crippen molar-refractivity contribution in [1.82, 2.24) is 4.98 Å². The molecule has 6 heteroatoms. The molecule has 2 N–H and O–H groups in total. The molecule has 0 unspecified atom stereocenters. The third kappa shape index (κ3) is 3.19. The van der Waals surface area contributed by atoms with E-state index < -0.39 is 5.97 Å². The molecule has 0 aliphatic carbocycles. The van der Waals surface area contributed by atoms with Gasteiger partial charge in [-0.3, -0.25) is 5.43 Å². The zero-order valence-corrected chi connectivity index (χ0v) is 11.8. The number of aromatic amines is 1. The molecule has 0 radical (unpaired) electrons. The summed E-state index contributed by atoms with van der Waals surface area (Å²) < 4.78 is 0. The van der Waals surface area contributed by atoms with E-state index in [1.54, 1.807) is 6.21 Å². The van der Waals surface area contributed by atoms with Crippen molar-refractivity contribution in [3.63, 3.8) is 0 Å². The van der Waals surface area contributed by atoms with Crippen LogP contribution in [0.4, 0.5) is 5.69 Å². The van der Waals surface area contributed by atoms with Crippen LogP contribution in [0, 0.1) is 13.8 Å². The van der Waals surface area contributed by atoms with Crippen LogP contribution in [-0.4, -0.2) is 17.2 Å². The quantitative estimate of drug-likeness (QED) is 0.668. The third-order valence-electron chi connectivity index (χ3n) is 2.78. The molecule has 0 saturated heterocycles. The number of anilines is 1. The number of carbonyl (C=O) groups excluding carboxylic acids is 1. The van der Waals surface area contributed by atoms with Crippen LogP contribution in [-0.2, 0) is 0 Å². The van der Waals surface area contributed by atoms with Crippen LogP contribution in [0.2, 0.25) is 5.02 Å². The van der Waals surface area contributed by atoms with E-state index in [2.05, 4.69) is 15.5 Å². The summed E-state index contributed by atoms with van der Waals surface area (Å²) in [5, 5.41) is 15.2. The van der Waals surface area contributed by atoms with Crippen molar-refractivity contribution in [2.75, 3.05) is 5.43 Å². The Morgan fingerprint density at radius 3 is 2.75 bits per heavy atom. The number of hydrogen-bond donors (Lipinski definition) is 2. The Labute approximate surface area is 121 Å². The normalized spacial score (nSPS) is 10.9. The van der Waals surface area contributed by atoms with Gasteiger partial charge in [-0.25, -0.2) is 0 Å². The molecule has 0 bridgehead atoms. The number of halogens is 1. The van der Waals surface area contributed by atoms with Crippen LogP contribution in [0.3, 0.4) is 0 Å². The van der Waals surface area contributed by atoms with Crippen molar-refractivity contribution in [2.45, 2.75) is 13.8 Å². The van der Waals surface area contributed by atoms with Gasteiger partial charge in [-0.05, 0) is 37.6 Å².